The van der Waals surface area contributed by atoms with Crippen LogP contribution in [0.5, 0.6) is 0 Å². The van der Waals surface area contributed by atoms with Crippen LogP contribution in [0.15, 0.2) is 36.4 Å². The summed E-state index contributed by atoms with van der Waals surface area (Å²) < 4.78 is 1.84. The Bertz CT molecular complexity index is 433. The molecule has 4 heteroatoms. The summed E-state index contributed by atoms with van der Waals surface area (Å²) in [5, 5.41) is 4.42. The number of aryl methyl sites for hydroxylation is 1. The molecule has 0 amide bonds. The molecule has 0 bridgehead atoms. The molecule has 2 aromatic rings. The molecule has 1 heterocycles. The Labute approximate surface area is 88.7 Å². The number of nitrogens with one attached hydrogen (secondary N) is 1. The first-order valence-corrected chi connectivity index (χ1v) is 4.83. The number of aromatic nitrogens is 2. The maximum atomic E-state index is 5.29. The third-order valence-corrected chi connectivity index (χ3v) is 2.33. The van der Waals surface area contributed by atoms with Crippen molar-refractivity contribution in [1.82, 2.24) is 15.2 Å². The van der Waals surface area contributed by atoms with Gasteiger partial charge in [0.1, 0.15) is 0 Å². The van der Waals surface area contributed by atoms with Crippen molar-refractivity contribution in [3.8, 4) is 11.3 Å². The monoisotopic (exact) mass is 202 g/mol. The molecule has 2 rings (SSSR count). The molecule has 78 valence electrons. The van der Waals surface area contributed by atoms with Crippen molar-refractivity contribution in [3.63, 3.8) is 0 Å². The van der Waals surface area contributed by atoms with Crippen LogP contribution in [-0.4, -0.2) is 9.78 Å². The first kappa shape index (κ1) is 9.89. The van der Waals surface area contributed by atoms with Crippen LogP contribution < -0.4 is 11.3 Å². The van der Waals surface area contributed by atoms with Crippen LogP contribution in [0.1, 0.15) is 5.69 Å². The highest BCUT2D eigenvalue weighted by molar-refractivity contribution is 5.59. The van der Waals surface area contributed by atoms with Gasteiger partial charge in [-0.2, -0.15) is 5.10 Å². The summed E-state index contributed by atoms with van der Waals surface area (Å²) >= 11 is 0. The van der Waals surface area contributed by atoms with Crippen molar-refractivity contribution in [2.45, 2.75) is 6.54 Å². The highest BCUT2D eigenvalue weighted by atomic mass is 15.3. The number of nitrogens with two attached hydrogens (primary N) is 1. The van der Waals surface area contributed by atoms with Crippen LogP contribution >= 0.6 is 0 Å². The molecule has 4 nitrogen and oxygen atoms in total. The molecule has 1 aromatic carbocycles. The largest absolute Gasteiger partial charge is 0.271 e. The lowest BCUT2D eigenvalue weighted by molar-refractivity contribution is 0.647. The van der Waals surface area contributed by atoms with Crippen LogP contribution in [-0.2, 0) is 13.6 Å². The second kappa shape index (κ2) is 4.25. The fourth-order valence-corrected chi connectivity index (χ4v) is 1.53. The number of benzene rings is 1. The van der Waals surface area contributed by atoms with Gasteiger partial charge in [0, 0.05) is 12.6 Å². The molecule has 0 fully saturated rings. The van der Waals surface area contributed by atoms with Gasteiger partial charge in [-0.05, 0) is 6.07 Å². The van der Waals surface area contributed by atoms with Gasteiger partial charge in [-0.1, -0.05) is 30.3 Å². The van der Waals surface area contributed by atoms with E-state index in [0.717, 1.165) is 17.0 Å². The average Bonchev–Trinajstić information content (AvgIpc) is 2.63. The molecule has 0 unspecified atom stereocenters. The van der Waals surface area contributed by atoms with E-state index in [0.29, 0.717) is 6.54 Å². The van der Waals surface area contributed by atoms with E-state index in [2.05, 4.69) is 10.5 Å². The minimum absolute atomic E-state index is 0.621. The third-order valence-electron chi connectivity index (χ3n) is 2.33. The quantitative estimate of drug-likeness (QED) is 0.578. The average molecular weight is 202 g/mol. The predicted molar refractivity (Wildman–Crippen MR) is 59.7 cm³/mol. The molecule has 0 saturated carbocycles. The Morgan fingerprint density at radius 1 is 1.33 bits per heavy atom. The second-order valence-corrected chi connectivity index (χ2v) is 3.39. The Balaban J connectivity index is 2.34. The summed E-state index contributed by atoms with van der Waals surface area (Å²) in [6, 6.07) is 12.1. The molecule has 0 saturated heterocycles. The standard InChI is InChI=1S/C11H14N4/c1-15-10(8-13-12)7-11(14-15)9-5-3-2-4-6-9/h2-7,13H,8,12H2,1H3. The third kappa shape index (κ3) is 2.06. The fraction of sp³-hybridized carbons (Fsp3) is 0.182. The van der Waals surface area contributed by atoms with E-state index in [1.54, 1.807) is 0 Å². The Morgan fingerprint density at radius 3 is 2.73 bits per heavy atom. The number of nitrogens with zero attached hydrogens (tertiary/aromatic N) is 2. The molecule has 0 aliphatic rings. The second-order valence-electron chi connectivity index (χ2n) is 3.39. The minimum Gasteiger partial charge on any atom is -0.271 e. The number of rotatable bonds is 3. The number of hydrogen-bond acceptors (Lipinski definition) is 3. The van der Waals surface area contributed by atoms with Gasteiger partial charge in [0.05, 0.1) is 17.9 Å². The topological polar surface area (TPSA) is 55.9 Å². The van der Waals surface area contributed by atoms with E-state index in [1.807, 2.05) is 48.1 Å². The first-order valence-electron chi connectivity index (χ1n) is 4.83. The minimum atomic E-state index is 0.621. The van der Waals surface area contributed by atoms with Crippen molar-refractivity contribution in [2.24, 2.45) is 12.9 Å². The lowest BCUT2D eigenvalue weighted by Crippen LogP contribution is -2.22. The number of hydrazine groups is 1. The van der Waals surface area contributed by atoms with E-state index >= 15 is 0 Å². The molecule has 0 aliphatic heterocycles. The van der Waals surface area contributed by atoms with Crippen molar-refractivity contribution >= 4 is 0 Å². The van der Waals surface area contributed by atoms with Crippen molar-refractivity contribution in [2.75, 3.05) is 0 Å². The molecule has 0 radical (unpaired) electrons. The van der Waals surface area contributed by atoms with Gasteiger partial charge in [-0.15, -0.1) is 0 Å². The van der Waals surface area contributed by atoms with E-state index in [1.165, 1.54) is 0 Å². The molecule has 15 heavy (non-hydrogen) atoms. The van der Waals surface area contributed by atoms with Gasteiger partial charge in [0.25, 0.3) is 0 Å². The van der Waals surface area contributed by atoms with Gasteiger partial charge in [-0.3, -0.25) is 16.0 Å². The van der Waals surface area contributed by atoms with E-state index in [4.69, 9.17) is 5.84 Å². The van der Waals surface area contributed by atoms with Gasteiger partial charge < -0.3 is 0 Å². The first-order chi connectivity index (χ1) is 7.31. The molecule has 1 aromatic heterocycles. The van der Waals surface area contributed by atoms with Crippen LogP contribution in [0.3, 0.4) is 0 Å². The van der Waals surface area contributed by atoms with E-state index < -0.39 is 0 Å². The predicted octanol–water partition coefficient (Wildman–Crippen LogP) is 1.05. The smallest absolute Gasteiger partial charge is 0.0926 e. The summed E-state index contributed by atoms with van der Waals surface area (Å²) in [6.07, 6.45) is 0. The summed E-state index contributed by atoms with van der Waals surface area (Å²) in [7, 11) is 1.92. The zero-order chi connectivity index (χ0) is 10.7. The van der Waals surface area contributed by atoms with Crippen LogP contribution in [0, 0.1) is 0 Å². The summed E-state index contributed by atoms with van der Waals surface area (Å²) in [4.78, 5) is 0. The zero-order valence-electron chi connectivity index (χ0n) is 8.64. The van der Waals surface area contributed by atoms with Gasteiger partial charge in [-0.25, -0.2) is 0 Å². The maximum Gasteiger partial charge on any atom is 0.0926 e. The maximum absolute atomic E-state index is 5.29. The van der Waals surface area contributed by atoms with Crippen LogP contribution in [0.25, 0.3) is 11.3 Å². The Kier molecular flexibility index (Phi) is 2.80. The van der Waals surface area contributed by atoms with Crippen molar-refractivity contribution < 1.29 is 0 Å². The highest BCUT2D eigenvalue weighted by Gasteiger charge is 2.05. The molecule has 3 N–H and O–H groups in total. The molecular weight excluding hydrogens is 188 g/mol. The molecule has 0 spiro atoms. The normalized spacial score (nSPS) is 10.5. The van der Waals surface area contributed by atoms with E-state index in [9.17, 15) is 0 Å². The van der Waals surface area contributed by atoms with Crippen LogP contribution in [0.2, 0.25) is 0 Å². The fourth-order valence-electron chi connectivity index (χ4n) is 1.53. The highest BCUT2D eigenvalue weighted by Crippen LogP contribution is 2.17. The number of hydrogen-bond donors (Lipinski definition) is 2. The summed E-state index contributed by atoms with van der Waals surface area (Å²) in [5.74, 6) is 5.29. The van der Waals surface area contributed by atoms with Gasteiger partial charge >= 0.3 is 0 Å². The van der Waals surface area contributed by atoms with Gasteiger partial charge in [0.2, 0.25) is 0 Å². The van der Waals surface area contributed by atoms with E-state index in [-0.39, 0.29) is 0 Å². The summed E-state index contributed by atoms with van der Waals surface area (Å²) in [6.45, 7) is 0.621. The molecular formula is C11H14N4. The SMILES string of the molecule is Cn1nc(-c2ccccc2)cc1CNN. The zero-order valence-corrected chi connectivity index (χ0v) is 8.64. The Morgan fingerprint density at radius 2 is 2.07 bits per heavy atom. The van der Waals surface area contributed by atoms with Crippen molar-refractivity contribution in [3.05, 3.63) is 42.1 Å². The van der Waals surface area contributed by atoms with Gasteiger partial charge in [0.15, 0.2) is 0 Å². The molecule has 0 atom stereocenters. The van der Waals surface area contributed by atoms with Crippen LogP contribution in [0.4, 0.5) is 0 Å². The Hall–Kier alpha value is -1.65. The lowest BCUT2D eigenvalue weighted by atomic mass is 10.1. The van der Waals surface area contributed by atoms with Crippen molar-refractivity contribution in [1.29, 1.82) is 0 Å². The lowest BCUT2D eigenvalue weighted by Gasteiger charge is -1.97. The molecule has 0 aliphatic carbocycles. The summed E-state index contributed by atoms with van der Waals surface area (Å²) in [5.41, 5.74) is 5.79.